The number of aromatic hydroxyl groups is 1. The molecule has 0 spiro atoms. The highest BCUT2D eigenvalue weighted by atomic mass is 16.5. The van der Waals surface area contributed by atoms with Crippen molar-refractivity contribution in [2.24, 2.45) is 5.92 Å². The maximum Gasteiger partial charge on any atom is 0.222 e. The van der Waals surface area contributed by atoms with Gasteiger partial charge in [0.05, 0.1) is 23.2 Å². The van der Waals surface area contributed by atoms with E-state index in [9.17, 15) is 4.79 Å². The fourth-order valence-electron chi connectivity index (χ4n) is 5.56. The number of imidazole rings is 1. The maximum atomic E-state index is 11.8. The lowest BCUT2D eigenvalue weighted by atomic mass is 9.86. The summed E-state index contributed by atoms with van der Waals surface area (Å²) >= 11 is 0. The number of aromatic amines is 1. The van der Waals surface area contributed by atoms with Crippen LogP contribution in [0, 0.1) is 12.8 Å². The van der Waals surface area contributed by atoms with Crippen molar-refractivity contribution in [3.8, 4) is 17.1 Å². The van der Waals surface area contributed by atoms with Gasteiger partial charge in [-0.25, -0.2) is 9.97 Å². The number of hydrogen-bond acceptors (Lipinski definition) is 7. The van der Waals surface area contributed by atoms with Crippen LogP contribution >= 0.6 is 0 Å². The molecule has 2 aliphatic rings. The molecule has 2 fully saturated rings. The van der Waals surface area contributed by atoms with E-state index in [-0.39, 0.29) is 11.8 Å². The van der Waals surface area contributed by atoms with Gasteiger partial charge >= 0.3 is 0 Å². The van der Waals surface area contributed by atoms with Crippen molar-refractivity contribution in [2.45, 2.75) is 57.7 Å². The molecule has 3 heterocycles. The van der Waals surface area contributed by atoms with E-state index >= 15 is 0 Å². The van der Waals surface area contributed by atoms with Crippen LogP contribution in [-0.4, -0.2) is 65.1 Å². The molecular weight excluding hydrogens is 530 g/mol. The van der Waals surface area contributed by atoms with Gasteiger partial charge < -0.3 is 29.8 Å². The first kappa shape index (κ1) is 30.7. The Bertz CT molecular complexity index is 1390. The normalized spacial score (nSPS) is 18.8. The maximum absolute atomic E-state index is 11.8. The number of piperidine rings is 1. The van der Waals surface area contributed by atoms with Gasteiger partial charge in [0.25, 0.3) is 0 Å². The quantitative estimate of drug-likeness (QED) is 0.292. The molecule has 0 bridgehead atoms. The minimum atomic E-state index is 0.162. The molecule has 1 aliphatic carbocycles. The number of hydrogen-bond donors (Lipinski definition) is 3. The number of rotatable bonds is 5. The number of nitrogens with one attached hydrogen (secondary N) is 2. The number of anilines is 1. The number of aryl methyl sites for hydroxylation is 1. The van der Waals surface area contributed by atoms with Gasteiger partial charge in [-0.1, -0.05) is 24.3 Å². The molecule has 2 aromatic carbocycles. The van der Waals surface area contributed by atoms with E-state index in [1.54, 1.807) is 31.3 Å². The second-order valence-electron chi connectivity index (χ2n) is 10.8. The van der Waals surface area contributed by atoms with Gasteiger partial charge in [0.15, 0.2) is 0 Å². The number of carbonyl (C=O) groups excluding carboxylic acids is 2. The summed E-state index contributed by atoms with van der Waals surface area (Å²) in [5, 5.41) is 11.4. The van der Waals surface area contributed by atoms with Crippen molar-refractivity contribution in [1.82, 2.24) is 20.3 Å². The number of pyridine rings is 1. The van der Waals surface area contributed by atoms with Crippen LogP contribution in [0.2, 0.25) is 0 Å². The predicted molar refractivity (Wildman–Crippen MR) is 165 cm³/mol. The summed E-state index contributed by atoms with van der Waals surface area (Å²) in [6.45, 7) is 5.99. The first-order chi connectivity index (χ1) is 20.5. The Labute approximate surface area is 247 Å². The Balaban J connectivity index is 0.000000390. The fourth-order valence-corrected chi connectivity index (χ4v) is 5.56. The molecule has 1 aliphatic heterocycles. The molecule has 222 valence electrons. The van der Waals surface area contributed by atoms with Gasteiger partial charge in [-0.3, -0.25) is 4.79 Å². The van der Waals surface area contributed by atoms with Crippen LogP contribution < -0.4 is 10.2 Å². The van der Waals surface area contributed by atoms with E-state index in [2.05, 4.69) is 46.4 Å². The van der Waals surface area contributed by atoms with E-state index in [4.69, 9.17) is 24.6 Å². The first-order valence-corrected chi connectivity index (χ1v) is 14.6. The number of amides is 1. The largest absolute Gasteiger partial charge is 0.508 e. The Hall–Kier alpha value is -4.24. The number of para-hydroxylation sites is 1. The number of phenols is 1. The minimum absolute atomic E-state index is 0.162. The van der Waals surface area contributed by atoms with Crippen LogP contribution in [0.25, 0.3) is 22.4 Å². The number of aromatic nitrogens is 3. The lowest BCUT2D eigenvalue weighted by molar-refractivity contribution is -0.127. The fraction of sp³-hybridized carbons (Fsp3) is 0.394. The molecule has 2 aromatic heterocycles. The SMILES string of the molecule is C=O.CNC(=O)C1CCC(OC2CCN(c3ccc(-c4nc5ccc(C)cc5[nH]4)cn3)CC2)CC1.Oc1ccccc1. The van der Waals surface area contributed by atoms with Crippen LogP contribution in [0.5, 0.6) is 5.75 Å². The third-order valence-corrected chi connectivity index (χ3v) is 7.86. The average Bonchev–Trinajstić information content (AvgIpc) is 3.46. The van der Waals surface area contributed by atoms with Crippen molar-refractivity contribution >= 4 is 29.5 Å². The molecule has 3 N–H and O–H groups in total. The molecular formula is C33H41N5O4. The lowest BCUT2D eigenvalue weighted by Crippen LogP contribution is -2.40. The Morgan fingerprint density at radius 2 is 1.67 bits per heavy atom. The number of benzene rings is 2. The molecule has 0 radical (unpaired) electrons. The third-order valence-electron chi connectivity index (χ3n) is 7.86. The van der Waals surface area contributed by atoms with Crippen molar-refractivity contribution in [3.05, 3.63) is 72.4 Å². The molecule has 6 rings (SSSR count). The van der Waals surface area contributed by atoms with Gasteiger partial charge in [0.2, 0.25) is 5.91 Å². The van der Waals surface area contributed by atoms with Crippen LogP contribution in [0.4, 0.5) is 5.82 Å². The predicted octanol–water partition coefficient (Wildman–Crippen LogP) is 5.43. The van der Waals surface area contributed by atoms with Gasteiger partial charge in [-0.15, -0.1) is 0 Å². The zero-order valence-electron chi connectivity index (χ0n) is 24.5. The van der Waals surface area contributed by atoms with E-state index in [1.165, 1.54) is 5.56 Å². The van der Waals surface area contributed by atoms with E-state index < -0.39 is 0 Å². The standard InChI is InChI=1S/C26H33N5O2.C6H6O.CH2O/c1-17-3-9-22-23(15-17)30-25(29-22)19-6-10-24(28-16-19)31-13-11-21(12-14-31)33-20-7-4-18(5-8-20)26(32)27-2;7-6-4-2-1-3-5-6;1-2/h3,6,9-10,15-16,18,20-21H,4-5,7-8,11-14H2,1-2H3,(H,27,32)(H,29,30);1-5,7H;1H2. The number of ether oxygens (including phenoxy) is 1. The molecule has 0 unspecified atom stereocenters. The monoisotopic (exact) mass is 571 g/mol. The first-order valence-electron chi connectivity index (χ1n) is 14.6. The minimum Gasteiger partial charge on any atom is -0.508 e. The van der Waals surface area contributed by atoms with Crippen LogP contribution in [0.3, 0.4) is 0 Å². The van der Waals surface area contributed by atoms with Gasteiger partial charge in [0.1, 0.15) is 24.2 Å². The van der Waals surface area contributed by atoms with E-state index in [0.29, 0.717) is 18.0 Å². The Morgan fingerprint density at radius 1 is 0.976 bits per heavy atom. The second-order valence-corrected chi connectivity index (χ2v) is 10.8. The third kappa shape index (κ3) is 8.16. The van der Waals surface area contributed by atoms with Crippen molar-refractivity contribution in [2.75, 3.05) is 25.0 Å². The van der Waals surface area contributed by atoms with Gasteiger partial charge in [-0.2, -0.15) is 0 Å². The summed E-state index contributed by atoms with van der Waals surface area (Å²) in [6, 6.07) is 19.1. The summed E-state index contributed by atoms with van der Waals surface area (Å²) in [5.74, 6) is 2.52. The second kappa shape index (κ2) is 15.1. The van der Waals surface area contributed by atoms with Crippen molar-refractivity contribution in [1.29, 1.82) is 0 Å². The summed E-state index contributed by atoms with van der Waals surface area (Å²) < 4.78 is 6.40. The zero-order chi connectivity index (χ0) is 29.9. The number of nitrogens with zero attached hydrogens (tertiary/aromatic N) is 3. The lowest BCUT2D eigenvalue weighted by Gasteiger charge is -2.36. The highest BCUT2D eigenvalue weighted by Crippen LogP contribution is 2.30. The molecule has 42 heavy (non-hydrogen) atoms. The average molecular weight is 572 g/mol. The highest BCUT2D eigenvalue weighted by Gasteiger charge is 2.29. The summed E-state index contributed by atoms with van der Waals surface area (Å²) in [4.78, 5) is 35.0. The number of phenolic OH excluding ortho intramolecular Hbond substituents is 1. The number of H-pyrrole nitrogens is 1. The topological polar surface area (TPSA) is 120 Å². The van der Waals surface area contributed by atoms with Gasteiger partial charge in [-0.05, 0) is 87.4 Å². The van der Waals surface area contributed by atoms with Crippen LogP contribution in [0.1, 0.15) is 44.1 Å². The molecule has 1 amide bonds. The Morgan fingerprint density at radius 3 is 2.26 bits per heavy atom. The van der Waals surface area contributed by atoms with E-state index in [0.717, 1.165) is 79.9 Å². The van der Waals surface area contributed by atoms with Crippen LogP contribution in [-0.2, 0) is 14.3 Å². The molecule has 0 atom stereocenters. The summed E-state index contributed by atoms with van der Waals surface area (Å²) in [7, 11) is 1.72. The molecule has 1 saturated carbocycles. The number of fused-ring (bicyclic) bond motifs is 1. The highest BCUT2D eigenvalue weighted by molar-refractivity contribution is 5.80. The van der Waals surface area contributed by atoms with Gasteiger partial charge in [0, 0.05) is 37.8 Å². The van der Waals surface area contributed by atoms with Crippen LogP contribution in [0.15, 0.2) is 66.9 Å². The molecule has 4 aromatic rings. The van der Waals surface area contributed by atoms with E-state index in [1.807, 2.05) is 25.1 Å². The Kier molecular flexibility index (Phi) is 11.1. The molecule has 9 heteroatoms. The summed E-state index contributed by atoms with van der Waals surface area (Å²) in [5.41, 5.74) is 4.25. The summed E-state index contributed by atoms with van der Waals surface area (Å²) in [6.07, 6.45) is 8.39. The zero-order valence-corrected chi connectivity index (χ0v) is 24.5. The van der Waals surface area contributed by atoms with Crippen molar-refractivity contribution in [3.63, 3.8) is 0 Å². The molecule has 1 saturated heterocycles. The van der Waals surface area contributed by atoms with Crippen molar-refractivity contribution < 1.29 is 19.4 Å². The number of carbonyl (C=O) groups is 2. The smallest absolute Gasteiger partial charge is 0.222 e. The molecule has 9 nitrogen and oxygen atoms in total.